The van der Waals surface area contributed by atoms with Crippen molar-refractivity contribution in [2.45, 2.75) is 18.4 Å². The van der Waals surface area contributed by atoms with Crippen molar-refractivity contribution < 1.29 is 27.6 Å². The summed E-state index contributed by atoms with van der Waals surface area (Å²) in [5, 5.41) is 15.5. The second kappa shape index (κ2) is 13.9. The van der Waals surface area contributed by atoms with E-state index in [0.717, 1.165) is 27.6 Å². The zero-order valence-corrected chi connectivity index (χ0v) is 25.5. The molecule has 4 aromatic rings. The van der Waals surface area contributed by atoms with E-state index < -0.39 is 38.0 Å². The van der Waals surface area contributed by atoms with Crippen LogP contribution >= 0.6 is 15.9 Å². The molecule has 0 aliphatic carbocycles. The van der Waals surface area contributed by atoms with Crippen molar-refractivity contribution in [1.82, 2.24) is 5.43 Å². The second-order valence-corrected chi connectivity index (χ2v) is 11.9. The van der Waals surface area contributed by atoms with Crippen LogP contribution in [0.1, 0.15) is 16.7 Å². The lowest BCUT2D eigenvalue weighted by Gasteiger charge is -2.23. The smallest absolute Gasteiger partial charge is 0.289 e. The molecule has 0 aliphatic heterocycles. The third kappa shape index (κ3) is 7.76. The van der Waals surface area contributed by atoms with E-state index in [9.17, 15) is 23.3 Å². The molecule has 4 rings (SSSR count). The zero-order chi connectivity index (χ0) is 31.0. The topological polar surface area (TPSA) is 140 Å². The molecule has 0 aromatic heterocycles. The fourth-order valence-electron chi connectivity index (χ4n) is 3.99. The Labute approximate surface area is 257 Å². The lowest BCUT2D eigenvalue weighted by Crippen LogP contribution is -2.39. The van der Waals surface area contributed by atoms with Crippen molar-refractivity contribution in [2.75, 3.05) is 18.0 Å². The molecule has 0 unspecified atom stereocenters. The molecule has 0 heterocycles. The van der Waals surface area contributed by atoms with E-state index in [1.54, 1.807) is 30.3 Å². The summed E-state index contributed by atoms with van der Waals surface area (Å²) in [6.45, 7) is 1.65. The molecule has 1 amide bonds. The van der Waals surface area contributed by atoms with Crippen LogP contribution in [0.5, 0.6) is 11.5 Å². The van der Waals surface area contributed by atoms with Crippen molar-refractivity contribution in [3.8, 4) is 11.5 Å². The van der Waals surface area contributed by atoms with Gasteiger partial charge >= 0.3 is 0 Å². The number of anilines is 1. The monoisotopic (exact) mass is 666 g/mol. The second-order valence-electron chi connectivity index (χ2n) is 9.17. The van der Waals surface area contributed by atoms with Gasteiger partial charge in [-0.2, -0.15) is 5.10 Å². The van der Waals surface area contributed by atoms with Crippen molar-refractivity contribution in [2.24, 2.45) is 5.10 Å². The number of nitrogens with zero attached hydrogens (tertiary/aromatic N) is 3. The fourth-order valence-corrected chi connectivity index (χ4v) is 6.15. The van der Waals surface area contributed by atoms with Crippen LogP contribution in [0, 0.1) is 17.0 Å². The number of nitrogens with one attached hydrogen (secondary N) is 1. The van der Waals surface area contributed by atoms with Crippen LogP contribution in [-0.4, -0.2) is 39.1 Å². The number of hydrogen-bond donors (Lipinski definition) is 1. The summed E-state index contributed by atoms with van der Waals surface area (Å²) in [4.78, 5) is 23.1. The van der Waals surface area contributed by atoms with Gasteiger partial charge < -0.3 is 9.47 Å². The molecule has 0 fully saturated rings. The summed E-state index contributed by atoms with van der Waals surface area (Å²) >= 11 is 3.49. The number of halogens is 1. The van der Waals surface area contributed by atoms with Crippen LogP contribution in [0.4, 0.5) is 11.4 Å². The number of rotatable bonds is 12. The summed E-state index contributed by atoms with van der Waals surface area (Å²) in [5.74, 6) is 0.148. The highest BCUT2D eigenvalue weighted by Gasteiger charge is 2.33. The van der Waals surface area contributed by atoms with Gasteiger partial charge in [0.2, 0.25) is 0 Å². The maximum atomic E-state index is 13.6. The first-order valence-corrected chi connectivity index (χ1v) is 15.0. The van der Waals surface area contributed by atoms with E-state index in [1.165, 1.54) is 37.6 Å². The molecule has 222 valence electrons. The highest BCUT2D eigenvalue weighted by molar-refractivity contribution is 9.10. The fraction of sp³-hybridized carbons (Fsp3) is 0.133. The Hall–Kier alpha value is -4.75. The number of amides is 1. The zero-order valence-electron chi connectivity index (χ0n) is 23.1. The Balaban J connectivity index is 1.50. The molecule has 0 atom stereocenters. The first-order chi connectivity index (χ1) is 20.6. The minimum atomic E-state index is -4.51. The number of carbonyl (C=O) groups is 1. The van der Waals surface area contributed by atoms with Gasteiger partial charge in [-0.25, -0.2) is 13.8 Å². The number of methoxy groups -OCH3 is 1. The number of para-hydroxylation sites is 2. The van der Waals surface area contributed by atoms with Gasteiger partial charge in [-0.15, -0.1) is 0 Å². The summed E-state index contributed by atoms with van der Waals surface area (Å²) in [5.41, 5.74) is 4.55. The number of aryl methyl sites for hydroxylation is 1. The van der Waals surface area contributed by atoms with Gasteiger partial charge in [-0.3, -0.25) is 19.2 Å². The van der Waals surface area contributed by atoms with Crippen molar-refractivity contribution in [3.63, 3.8) is 0 Å². The van der Waals surface area contributed by atoms with E-state index in [4.69, 9.17) is 9.47 Å². The Bertz CT molecular complexity index is 1750. The predicted molar refractivity (Wildman–Crippen MR) is 166 cm³/mol. The van der Waals surface area contributed by atoms with Gasteiger partial charge in [-0.1, -0.05) is 60.2 Å². The van der Waals surface area contributed by atoms with E-state index in [1.807, 2.05) is 31.2 Å². The number of nitro benzene ring substituents is 1. The number of ether oxygens (including phenoxy) is 2. The van der Waals surface area contributed by atoms with E-state index in [0.29, 0.717) is 28.1 Å². The quantitative estimate of drug-likeness (QED) is 0.118. The van der Waals surface area contributed by atoms with Crippen LogP contribution in [0.25, 0.3) is 0 Å². The molecule has 0 radical (unpaired) electrons. The summed E-state index contributed by atoms with van der Waals surface area (Å²) in [7, 11) is -3.01. The molecule has 0 bridgehead atoms. The van der Waals surface area contributed by atoms with Crippen molar-refractivity contribution in [3.05, 3.63) is 122 Å². The van der Waals surface area contributed by atoms with E-state index in [2.05, 4.69) is 26.5 Å². The van der Waals surface area contributed by atoms with Gasteiger partial charge in [0, 0.05) is 6.07 Å². The minimum absolute atomic E-state index is 0.148. The molecule has 0 saturated carbocycles. The molecule has 4 aromatic carbocycles. The van der Waals surface area contributed by atoms with Crippen LogP contribution in [0.2, 0.25) is 0 Å². The molecule has 11 nitrogen and oxygen atoms in total. The third-order valence-corrected chi connectivity index (χ3v) is 8.53. The third-order valence-electron chi connectivity index (χ3n) is 6.12. The van der Waals surface area contributed by atoms with Gasteiger partial charge in [0.05, 0.1) is 28.4 Å². The minimum Gasteiger partial charge on any atom is -0.493 e. The average Bonchev–Trinajstić information content (AvgIpc) is 3.00. The van der Waals surface area contributed by atoms with E-state index >= 15 is 0 Å². The Morgan fingerprint density at radius 3 is 2.40 bits per heavy atom. The first kappa shape index (κ1) is 31.2. The van der Waals surface area contributed by atoms with Gasteiger partial charge in [0.15, 0.2) is 16.4 Å². The number of hydrazone groups is 1. The first-order valence-electron chi connectivity index (χ1n) is 12.8. The van der Waals surface area contributed by atoms with Crippen LogP contribution < -0.4 is 19.2 Å². The largest absolute Gasteiger partial charge is 0.493 e. The Kier molecular flexibility index (Phi) is 10.1. The van der Waals surface area contributed by atoms with Gasteiger partial charge in [0.25, 0.3) is 21.6 Å². The molecule has 1 N–H and O–H groups in total. The standard InChI is InChI=1S/C30H27BrN4O7S/c1-21-12-14-22(15-13-21)20-42-30-25(31)16-23(17-27(30)41-2)18-32-33-29(36)19-34(24-8-4-3-5-9-24)43(39,40)28-11-7-6-10-26(28)35(37)38/h3-18H,19-20H2,1-2H3,(H,33,36)/b32-18-. The molecular weight excluding hydrogens is 640 g/mol. The molecular formula is C30H27BrN4O7S. The normalized spacial score (nSPS) is 11.2. The summed E-state index contributed by atoms with van der Waals surface area (Å²) in [6, 6.07) is 24.1. The SMILES string of the molecule is COc1cc(/C=N\NC(=O)CN(c2ccccc2)S(=O)(=O)c2ccccc2[N+](=O)[O-])cc(Br)c1OCc1ccc(C)cc1. The van der Waals surface area contributed by atoms with Crippen LogP contribution in [0.3, 0.4) is 0 Å². The molecule has 13 heteroatoms. The number of nitro groups is 1. The summed E-state index contributed by atoms with van der Waals surface area (Å²) in [6.07, 6.45) is 1.36. The highest BCUT2D eigenvalue weighted by atomic mass is 79.9. The summed E-state index contributed by atoms with van der Waals surface area (Å²) < 4.78 is 40.0. The van der Waals surface area contributed by atoms with Crippen LogP contribution in [-0.2, 0) is 21.4 Å². The lowest BCUT2D eigenvalue weighted by molar-refractivity contribution is -0.387. The highest BCUT2D eigenvalue weighted by Crippen LogP contribution is 2.37. The van der Waals surface area contributed by atoms with Crippen molar-refractivity contribution >= 4 is 49.4 Å². The number of benzene rings is 4. The number of carbonyl (C=O) groups excluding carboxylic acids is 1. The molecule has 0 spiro atoms. The Morgan fingerprint density at radius 2 is 1.72 bits per heavy atom. The maximum Gasteiger partial charge on any atom is 0.289 e. The maximum absolute atomic E-state index is 13.6. The van der Waals surface area contributed by atoms with Gasteiger partial charge in [0.1, 0.15) is 13.2 Å². The molecule has 43 heavy (non-hydrogen) atoms. The number of sulfonamides is 1. The average molecular weight is 668 g/mol. The number of hydrogen-bond acceptors (Lipinski definition) is 8. The van der Waals surface area contributed by atoms with E-state index in [-0.39, 0.29) is 5.69 Å². The molecule has 0 saturated heterocycles. The predicted octanol–water partition coefficient (Wildman–Crippen LogP) is 5.60. The van der Waals surface area contributed by atoms with Gasteiger partial charge in [-0.05, 0) is 64.3 Å². The van der Waals surface area contributed by atoms with Crippen LogP contribution in [0.15, 0.2) is 105 Å². The lowest BCUT2D eigenvalue weighted by atomic mass is 10.2. The van der Waals surface area contributed by atoms with Crippen molar-refractivity contribution in [1.29, 1.82) is 0 Å². The molecule has 0 aliphatic rings. The Morgan fingerprint density at radius 1 is 1.05 bits per heavy atom.